The topological polar surface area (TPSA) is 108 Å². The Balaban J connectivity index is 2.08. The number of nitrogens with zero attached hydrogens (tertiary/aromatic N) is 1. The molecule has 7 nitrogen and oxygen atoms in total. The number of benzene rings is 1. The van der Waals surface area contributed by atoms with Gasteiger partial charge in [-0.15, -0.1) is 11.3 Å². The molecule has 2 aromatic rings. The van der Waals surface area contributed by atoms with Crippen molar-refractivity contribution in [3.63, 3.8) is 0 Å². The molecule has 1 atom stereocenters. The summed E-state index contributed by atoms with van der Waals surface area (Å²) < 4.78 is 32.5. The van der Waals surface area contributed by atoms with E-state index in [1.165, 1.54) is 6.07 Å². The van der Waals surface area contributed by atoms with Crippen molar-refractivity contribution in [3.8, 4) is 11.8 Å². The normalized spacial score (nSPS) is 12.4. The van der Waals surface area contributed by atoms with Crippen molar-refractivity contribution in [2.45, 2.75) is 24.1 Å². The lowest BCUT2D eigenvalue weighted by atomic mass is 10.0. The van der Waals surface area contributed by atoms with Crippen molar-refractivity contribution in [3.05, 3.63) is 41.8 Å². The average Bonchev–Trinajstić information content (AvgIpc) is 3.14. The highest BCUT2D eigenvalue weighted by Gasteiger charge is 2.28. The molecular weight excluding hydrogens is 374 g/mol. The van der Waals surface area contributed by atoms with Crippen LogP contribution >= 0.6 is 11.3 Å². The van der Waals surface area contributed by atoms with Gasteiger partial charge in [0.15, 0.2) is 6.61 Å². The lowest BCUT2D eigenvalue weighted by molar-refractivity contribution is -0.118. The number of carbonyl (C=O) groups is 1. The van der Waals surface area contributed by atoms with E-state index in [9.17, 15) is 13.2 Å². The molecule has 0 fully saturated rings. The molecular formula is C17H19N3O4S2. The molecule has 0 saturated carbocycles. The molecule has 0 bridgehead atoms. The van der Waals surface area contributed by atoms with Crippen LogP contribution in [0.2, 0.25) is 0 Å². The van der Waals surface area contributed by atoms with Gasteiger partial charge in [-0.1, -0.05) is 19.9 Å². The summed E-state index contributed by atoms with van der Waals surface area (Å²) in [6, 6.07) is 10.6. The summed E-state index contributed by atoms with van der Waals surface area (Å²) >= 11 is 1.09. The Morgan fingerprint density at radius 2 is 1.96 bits per heavy atom. The van der Waals surface area contributed by atoms with Crippen LogP contribution in [-0.4, -0.2) is 27.0 Å². The van der Waals surface area contributed by atoms with Gasteiger partial charge < -0.3 is 10.1 Å². The predicted molar refractivity (Wildman–Crippen MR) is 99.4 cm³/mol. The van der Waals surface area contributed by atoms with Crippen molar-refractivity contribution >= 4 is 33.0 Å². The molecule has 1 aromatic heterocycles. The quantitative estimate of drug-likeness (QED) is 0.717. The van der Waals surface area contributed by atoms with Crippen molar-refractivity contribution in [2.24, 2.45) is 5.92 Å². The standard InChI is InChI=1S/C17H19N3O4S2/c1-12(2)16(20-26(22,23)15-4-3-11-25-15)17(21)19-13-5-7-14(8-6-13)24-10-9-18/h3-8,11-12,16,20H,10H2,1-2H3,(H,19,21). The van der Waals surface area contributed by atoms with Crippen LogP contribution in [0.3, 0.4) is 0 Å². The Hall–Kier alpha value is -2.41. The van der Waals surface area contributed by atoms with E-state index in [4.69, 9.17) is 10.00 Å². The van der Waals surface area contributed by atoms with Crippen LogP contribution in [0, 0.1) is 17.2 Å². The second kappa shape index (κ2) is 8.80. The number of anilines is 1. The first kappa shape index (κ1) is 19.9. The Bertz CT molecular complexity index is 870. The van der Waals surface area contributed by atoms with E-state index < -0.39 is 22.0 Å². The van der Waals surface area contributed by atoms with Crippen molar-refractivity contribution in [1.29, 1.82) is 5.26 Å². The fourth-order valence-corrected chi connectivity index (χ4v) is 4.46. The number of ether oxygens (including phenoxy) is 1. The minimum absolute atomic E-state index is 0.0639. The van der Waals surface area contributed by atoms with Crippen LogP contribution in [0.1, 0.15) is 13.8 Å². The third-order valence-electron chi connectivity index (χ3n) is 3.42. The van der Waals surface area contributed by atoms with Crippen LogP contribution in [0.5, 0.6) is 5.75 Å². The minimum Gasteiger partial charge on any atom is -0.479 e. The second-order valence-electron chi connectivity index (χ2n) is 5.74. The maximum absolute atomic E-state index is 12.5. The maximum Gasteiger partial charge on any atom is 0.250 e. The third kappa shape index (κ3) is 5.29. The van der Waals surface area contributed by atoms with E-state index >= 15 is 0 Å². The van der Waals surface area contributed by atoms with Gasteiger partial charge in [0.25, 0.3) is 10.0 Å². The zero-order valence-corrected chi connectivity index (χ0v) is 15.9. The Morgan fingerprint density at radius 3 is 2.50 bits per heavy atom. The van der Waals surface area contributed by atoms with E-state index in [2.05, 4.69) is 10.0 Å². The summed E-state index contributed by atoms with van der Waals surface area (Å²) in [4.78, 5) is 12.5. The summed E-state index contributed by atoms with van der Waals surface area (Å²) in [6.07, 6.45) is 0. The molecule has 0 radical (unpaired) electrons. The summed E-state index contributed by atoms with van der Waals surface area (Å²) in [5.41, 5.74) is 0.500. The average molecular weight is 393 g/mol. The van der Waals surface area contributed by atoms with Gasteiger partial charge in [0.05, 0.1) is 0 Å². The summed E-state index contributed by atoms with van der Waals surface area (Å²) in [7, 11) is -3.76. The fourth-order valence-electron chi connectivity index (χ4n) is 2.10. The smallest absolute Gasteiger partial charge is 0.250 e. The predicted octanol–water partition coefficient (Wildman–Crippen LogP) is 2.59. The van der Waals surface area contributed by atoms with Gasteiger partial charge in [-0.2, -0.15) is 9.98 Å². The molecule has 2 N–H and O–H groups in total. The first-order valence-corrected chi connectivity index (χ1v) is 10.2. The molecule has 1 heterocycles. The van der Waals surface area contributed by atoms with Crippen molar-refractivity contribution in [2.75, 3.05) is 11.9 Å². The number of sulfonamides is 1. The SMILES string of the molecule is CC(C)C(NS(=O)(=O)c1cccs1)C(=O)Nc1ccc(OCC#N)cc1. The van der Waals surface area contributed by atoms with E-state index in [-0.39, 0.29) is 16.7 Å². The molecule has 1 unspecified atom stereocenters. The van der Waals surface area contributed by atoms with Crippen LogP contribution < -0.4 is 14.8 Å². The van der Waals surface area contributed by atoms with Crippen molar-refractivity contribution < 1.29 is 17.9 Å². The highest BCUT2D eigenvalue weighted by Crippen LogP contribution is 2.19. The minimum atomic E-state index is -3.76. The molecule has 0 saturated heterocycles. The zero-order valence-electron chi connectivity index (χ0n) is 14.3. The van der Waals surface area contributed by atoms with E-state index in [0.717, 1.165) is 11.3 Å². The first-order valence-electron chi connectivity index (χ1n) is 7.80. The Labute approximate surface area is 156 Å². The lowest BCUT2D eigenvalue weighted by Gasteiger charge is -2.21. The number of nitriles is 1. The monoisotopic (exact) mass is 393 g/mol. The highest BCUT2D eigenvalue weighted by molar-refractivity contribution is 7.91. The molecule has 0 aliphatic carbocycles. The largest absolute Gasteiger partial charge is 0.479 e. The Kier molecular flexibility index (Phi) is 6.74. The first-order chi connectivity index (χ1) is 12.3. The Morgan fingerprint density at radius 1 is 1.27 bits per heavy atom. The molecule has 138 valence electrons. The maximum atomic E-state index is 12.5. The molecule has 1 aromatic carbocycles. The molecule has 26 heavy (non-hydrogen) atoms. The number of hydrogen-bond acceptors (Lipinski definition) is 6. The number of rotatable bonds is 8. The lowest BCUT2D eigenvalue weighted by Crippen LogP contribution is -2.46. The van der Waals surface area contributed by atoms with Gasteiger partial charge in [-0.3, -0.25) is 4.79 Å². The van der Waals surface area contributed by atoms with Gasteiger partial charge in [0, 0.05) is 5.69 Å². The second-order valence-corrected chi connectivity index (χ2v) is 8.62. The summed E-state index contributed by atoms with van der Waals surface area (Å²) in [5, 5.41) is 12.8. The number of thiophene rings is 1. The number of hydrogen-bond donors (Lipinski definition) is 2. The highest BCUT2D eigenvalue weighted by atomic mass is 32.2. The number of amides is 1. The van der Waals surface area contributed by atoms with Crippen LogP contribution in [0.4, 0.5) is 5.69 Å². The van der Waals surface area contributed by atoms with Gasteiger partial charge in [-0.25, -0.2) is 8.42 Å². The van der Waals surface area contributed by atoms with E-state index in [1.807, 2.05) is 6.07 Å². The van der Waals surface area contributed by atoms with Gasteiger partial charge in [-0.05, 0) is 41.6 Å². The van der Waals surface area contributed by atoms with Crippen molar-refractivity contribution in [1.82, 2.24) is 4.72 Å². The third-order valence-corrected chi connectivity index (χ3v) is 6.25. The van der Waals surface area contributed by atoms with Crippen LogP contribution in [0.15, 0.2) is 46.0 Å². The summed E-state index contributed by atoms with van der Waals surface area (Å²) in [5.74, 6) is -0.197. The number of nitrogens with one attached hydrogen (secondary N) is 2. The van der Waals surface area contributed by atoms with Crippen LogP contribution in [0.25, 0.3) is 0 Å². The molecule has 0 spiro atoms. The van der Waals surface area contributed by atoms with Gasteiger partial charge in [0.1, 0.15) is 22.1 Å². The molecule has 0 aliphatic heterocycles. The molecule has 9 heteroatoms. The molecule has 0 aliphatic rings. The summed E-state index contributed by atoms with van der Waals surface area (Å²) in [6.45, 7) is 3.46. The molecule has 1 amide bonds. The van der Waals surface area contributed by atoms with Gasteiger partial charge in [0.2, 0.25) is 5.91 Å². The van der Waals surface area contributed by atoms with E-state index in [0.29, 0.717) is 11.4 Å². The van der Waals surface area contributed by atoms with E-state index in [1.54, 1.807) is 49.6 Å². The molecule has 2 rings (SSSR count). The fraction of sp³-hybridized carbons (Fsp3) is 0.294. The zero-order chi connectivity index (χ0) is 19.2. The van der Waals surface area contributed by atoms with Gasteiger partial charge >= 0.3 is 0 Å². The van der Waals surface area contributed by atoms with Crippen LogP contribution in [-0.2, 0) is 14.8 Å². The number of carbonyl (C=O) groups excluding carboxylic acids is 1.